The van der Waals surface area contributed by atoms with Crippen molar-refractivity contribution in [1.82, 2.24) is 10.5 Å². The summed E-state index contributed by atoms with van der Waals surface area (Å²) < 4.78 is 10.1. The zero-order valence-corrected chi connectivity index (χ0v) is 10.3. The molecule has 1 N–H and O–H groups in total. The number of rotatable bonds is 3. The maximum absolute atomic E-state index is 11.6. The molecule has 2 rings (SSSR count). The number of hydrazine groups is 2. The van der Waals surface area contributed by atoms with Crippen molar-refractivity contribution in [2.75, 3.05) is 18.7 Å². The molecule has 0 fully saturated rings. The molecule has 1 aromatic carbocycles. The van der Waals surface area contributed by atoms with E-state index in [-0.39, 0.29) is 0 Å². The molecule has 1 aliphatic rings. The molecule has 96 valence electrons. The van der Waals surface area contributed by atoms with E-state index < -0.39 is 6.09 Å². The van der Waals surface area contributed by atoms with Gasteiger partial charge in [0.1, 0.15) is 0 Å². The van der Waals surface area contributed by atoms with Crippen molar-refractivity contribution in [1.29, 1.82) is 0 Å². The second-order valence-electron chi connectivity index (χ2n) is 3.51. The third kappa shape index (κ3) is 2.38. The maximum Gasteiger partial charge on any atom is 0.430 e. The van der Waals surface area contributed by atoms with Crippen molar-refractivity contribution in [3.05, 3.63) is 42.4 Å². The summed E-state index contributed by atoms with van der Waals surface area (Å²) in [5.74, 6) is 0.509. The molecule has 1 aliphatic heterocycles. The van der Waals surface area contributed by atoms with Crippen LogP contribution in [0.3, 0.4) is 0 Å². The fraction of sp³-hybridized carbons (Fsp3) is 0.250. The Morgan fingerprint density at radius 3 is 2.67 bits per heavy atom. The molecule has 1 heterocycles. The summed E-state index contributed by atoms with van der Waals surface area (Å²) in [4.78, 5) is 11.6. The number of ether oxygens (including phenoxy) is 2. The van der Waals surface area contributed by atoms with Gasteiger partial charge in [-0.3, -0.25) is 0 Å². The Balaban J connectivity index is 2.16. The number of carbonyl (C=O) groups is 1. The highest BCUT2D eigenvalue weighted by Crippen LogP contribution is 2.21. The van der Waals surface area contributed by atoms with Gasteiger partial charge < -0.3 is 9.47 Å². The summed E-state index contributed by atoms with van der Waals surface area (Å²) in [5, 5.41) is 2.88. The van der Waals surface area contributed by atoms with Gasteiger partial charge in [0.2, 0.25) is 5.88 Å². The van der Waals surface area contributed by atoms with Crippen LogP contribution in [0.15, 0.2) is 42.4 Å². The molecule has 0 spiro atoms. The summed E-state index contributed by atoms with van der Waals surface area (Å²) >= 11 is 0. The minimum absolute atomic E-state index is 0.318. The SMILES string of the molecule is CCOC(=O)N1C=C(OC)N(c2ccccc2)N1. The quantitative estimate of drug-likeness (QED) is 0.885. The number of methoxy groups -OCH3 is 1. The topological polar surface area (TPSA) is 54.0 Å². The monoisotopic (exact) mass is 249 g/mol. The average Bonchev–Trinajstić information content (AvgIpc) is 2.84. The fourth-order valence-corrected chi connectivity index (χ4v) is 1.55. The van der Waals surface area contributed by atoms with Crippen LogP contribution in [0.4, 0.5) is 10.5 Å². The number of anilines is 1. The van der Waals surface area contributed by atoms with Crippen molar-refractivity contribution >= 4 is 11.8 Å². The molecule has 0 aromatic heterocycles. The summed E-state index contributed by atoms with van der Waals surface area (Å²) in [6.07, 6.45) is 1.05. The molecule has 0 atom stereocenters. The van der Waals surface area contributed by atoms with E-state index >= 15 is 0 Å². The van der Waals surface area contributed by atoms with E-state index in [4.69, 9.17) is 9.47 Å². The molecule has 0 saturated heterocycles. The van der Waals surface area contributed by atoms with Crippen LogP contribution < -0.4 is 10.5 Å². The van der Waals surface area contributed by atoms with Crippen molar-refractivity contribution in [2.45, 2.75) is 6.92 Å². The molecule has 0 unspecified atom stereocenters. The summed E-state index contributed by atoms with van der Waals surface area (Å²) in [5.41, 5.74) is 3.73. The first-order valence-corrected chi connectivity index (χ1v) is 5.59. The van der Waals surface area contributed by atoms with E-state index in [9.17, 15) is 4.79 Å². The van der Waals surface area contributed by atoms with Crippen molar-refractivity contribution in [3.8, 4) is 0 Å². The third-order valence-corrected chi connectivity index (χ3v) is 2.36. The fourth-order valence-electron chi connectivity index (χ4n) is 1.55. The van der Waals surface area contributed by atoms with E-state index in [1.807, 2.05) is 30.3 Å². The van der Waals surface area contributed by atoms with E-state index in [2.05, 4.69) is 5.53 Å². The minimum Gasteiger partial charge on any atom is -0.480 e. The summed E-state index contributed by atoms with van der Waals surface area (Å²) in [6.45, 7) is 2.07. The number of para-hydroxylation sites is 1. The number of benzene rings is 1. The molecule has 1 aromatic rings. The molecular weight excluding hydrogens is 234 g/mol. The highest BCUT2D eigenvalue weighted by atomic mass is 16.6. The number of amides is 1. The third-order valence-electron chi connectivity index (χ3n) is 2.36. The second-order valence-corrected chi connectivity index (χ2v) is 3.51. The molecule has 1 amide bonds. The number of nitrogens with zero attached hydrogens (tertiary/aromatic N) is 2. The van der Waals surface area contributed by atoms with Gasteiger partial charge in [0.15, 0.2) is 0 Å². The van der Waals surface area contributed by atoms with Crippen LogP contribution in [0.2, 0.25) is 0 Å². The first-order chi connectivity index (χ1) is 8.76. The predicted molar refractivity (Wildman–Crippen MR) is 66.0 cm³/mol. The molecule has 0 aliphatic carbocycles. The Kier molecular flexibility index (Phi) is 3.69. The van der Waals surface area contributed by atoms with Crippen LogP contribution >= 0.6 is 0 Å². The number of hydrogen-bond acceptors (Lipinski definition) is 5. The van der Waals surface area contributed by atoms with Gasteiger partial charge in [0.05, 0.1) is 25.6 Å². The van der Waals surface area contributed by atoms with Crippen LogP contribution in [-0.4, -0.2) is 24.8 Å². The Hall–Kier alpha value is -2.21. The van der Waals surface area contributed by atoms with E-state index in [0.29, 0.717) is 12.5 Å². The molecule has 18 heavy (non-hydrogen) atoms. The van der Waals surface area contributed by atoms with Gasteiger partial charge in [0.25, 0.3) is 0 Å². The molecule has 0 bridgehead atoms. The summed E-state index contributed by atoms with van der Waals surface area (Å²) in [6, 6.07) is 9.51. The lowest BCUT2D eigenvalue weighted by atomic mass is 10.3. The van der Waals surface area contributed by atoms with Gasteiger partial charge >= 0.3 is 6.09 Å². The lowest BCUT2D eigenvalue weighted by Gasteiger charge is -2.22. The molecule has 0 saturated carbocycles. The Morgan fingerprint density at radius 1 is 1.33 bits per heavy atom. The zero-order chi connectivity index (χ0) is 13.0. The standard InChI is InChI=1S/C12H15N3O3/c1-3-18-12(16)14-9-11(17-2)15(13-14)10-7-5-4-6-8-10/h4-9,13H,3H2,1-2H3. The van der Waals surface area contributed by atoms with E-state index in [0.717, 1.165) is 5.69 Å². The molecule has 6 heteroatoms. The first kappa shape index (κ1) is 12.3. The molecular formula is C12H15N3O3. The van der Waals surface area contributed by atoms with Gasteiger partial charge in [0, 0.05) is 0 Å². The van der Waals surface area contributed by atoms with Crippen molar-refractivity contribution in [3.63, 3.8) is 0 Å². The van der Waals surface area contributed by atoms with Gasteiger partial charge in [-0.25, -0.2) is 9.80 Å². The van der Waals surface area contributed by atoms with Crippen LogP contribution in [0.1, 0.15) is 6.92 Å². The minimum atomic E-state index is -0.481. The van der Waals surface area contributed by atoms with Gasteiger partial charge in [-0.05, 0) is 19.1 Å². The van der Waals surface area contributed by atoms with Gasteiger partial charge in [-0.15, -0.1) is 5.53 Å². The van der Waals surface area contributed by atoms with Crippen molar-refractivity contribution in [2.24, 2.45) is 0 Å². The van der Waals surface area contributed by atoms with Crippen LogP contribution in [0, 0.1) is 0 Å². The largest absolute Gasteiger partial charge is 0.480 e. The average molecular weight is 249 g/mol. The Morgan fingerprint density at radius 2 is 2.06 bits per heavy atom. The van der Waals surface area contributed by atoms with Gasteiger partial charge in [-0.2, -0.15) is 5.01 Å². The van der Waals surface area contributed by atoms with Gasteiger partial charge in [-0.1, -0.05) is 18.2 Å². The number of hydrogen-bond donors (Lipinski definition) is 1. The Labute approximate surface area is 105 Å². The zero-order valence-electron chi connectivity index (χ0n) is 10.3. The van der Waals surface area contributed by atoms with Crippen LogP contribution in [-0.2, 0) is 9.47 Å². The lowest BCUT2D eigenvalue weighted by molar-refractivity contribution is 0.111. The number of nitrogens with one attached hydrogen (secondary N) is 1. The number of carbonyl (C=O) groups excluding carboxylic acids is 1. The molecule has 0 radical (unpaired) electrons. The van der Waals surface area contributed by atoms with Crippen LogP contribution in [0.5, 0.6) is 0 Å². The highest BCUT2D eigenvalue weighted by Gasteiger charge is 2.27. The maximum atomic E-state index is 11.6. The Bertz CT molecular complexity index is 447. The van der Waals surface area contributed by atoms with E-state index in [1.54, 1.807) is 11.9 Å². The normalized spacial score (nSPS) is 14.4. The molecule has 6 nitrogen and oxygen atoms in total. The second kappa shape index (κ2) is 5.42. The van der Waals surface area contributed by atoms with Crippen LogP contribution in [0.25, 0.3) is 0 Å². The smallest absolute Gasteiger partial charge is 0.430 e. The highest BCUT2D eigenvalue weighted by molar-refractivity contribution is 5.70. The predicted octanol–water partition coefficient (Wildman–Crippen LogP) is 1.83. The first-order valence-electron chi connectivity index (χ1n) is 5.59. The summed E-state index contributed by atoms with van der Waals surface area (Å²) in [7, 11) is 1.54. The van der Waals surface area contributed by atoms with Crippen molar-refractivity contribution < 1.29 is 14.3 Å². The van der Waals surface area contributed by atoms with E-state index in [1.165, 1.54) is 18.3 Å². The lowest BCUT2D eigenvalue weighted by Crippen LogP contribution is -2.44.